The monoisotopic (exact) mass is 531 g/mol. The summed E-state index contributed by atoms with van der Waals surface area (Å²) in [7, 11) is 0. The van der Waals surface area contributed by atoms with Crippen LogP contribution in [0, 0.1) is 0 Å². The molecule has 0 rings (SSSR count). The first-order chi connectivity index (χ1) is 17.3. The topological polar surface area (TPSA) is 145 Å². The number of carbonyl (C=O) groups excluding carboxylic acids is 3. The van der Waals surface area contributed by atoms with Gasteiger partial charge in [-0.1, -0.05) is 84.0 Å². The van der Waals surface area contributed by atoms with Gasteiger partial charge in [0.05, 0.1) is 6.61 Å². The van der Waals surface area contributed by atoms with Gasteiger partial charge in [-0.15, -0.1) is 0 Å². The Morgan fingerprint density at radius 2 is 1.31 bits per heavy atom. The smallest absolute Gasteiger partial charge is 0.328 e. The van der Waals surface area contributed by atoms with Gasteiger partial charge in [-0.25, -0.2) is 4.79 Å². The lowest BCUT2D eigenvalue weighted by molar-refractivity contribution is -0.143. The summed E-state index contributed by atoms with van der Waals surface area (Å²) in [6.45, 7) is 3.22. The Balaban J connectivity index is 3.79. The summed E-state index contributed by atoms with van der Waals surface area (Å²) in [5.74, 6) is -1.66. The van der Waals surface area contributed by atoms with Crippen LogP contribution in [0.5, 0.6) is 0 Å². The molecule has 0 bridgehead atoms. The summed E-state index contributed by atoms with van der Waals surface area (Å²) in [5.41, 5.74) is 0. The van der Waals surface area contributed by atoms with Crippen LogP contribution in [-0.4, -0.2) is 70.6 Å². The summed E-state index contributed by atoms with van der Waals surface area (Å²) in [5, 5.41) is 25.6. The third-order valence-electron chi connectivity index (χ3n) is 5.85. The number of aliphatic hydroxyl groups is 1. The molecule has 0 aliphatic rings. The molecule has 0 saturated heterocycles. The fourth-order valence-corrected chi connectivity index (χ4v) is 4.63. The number of amides is 3. The lowest BCUT2D eigenvalue weighted by Gasteiger charge is -2.19. The Kier molecular flexibility index (Phi) is 22.4. The second-order valence-corrected chi connectivity index (χ2v) is 10.4. The Bertz CT molecular complexity index is 620. The minimum Gasteiger partial charge on any atom is -0.480 e. The molecular weight excluding hydrogens is 482 g/mol. The fourth-order valence-electron chi connectivity index (χ4n) is 3.74. The Morgan fingerprint density at radius 1 is 0.778 bits per heavy atom. The summed E-state index contributed by atoms with van der Waals surface area (Å²) < 4.78 is 0. The van der Waals surface area contributed by atoms with Crippen LogP contribution in [0.3, 0.4) is 0 Å². The maximum atomic E-state index is 12.2. The summed E-state index contributed by atoms with van der Waals surface area (Å²) in [4.78, 5) is 46.6. The number of aliphatic carboxylic acids is 1. The number of unbranched alkanes of at least 4 members (excludes halogenated alkanes) is 12. The average molecular weight is 532 g/mol. The van der Waals surface area contributed by atoms with Crippen LogP contribution in [-0.2, 0) is 19.2 Å². The number of carbonyl (C=O) groups is 4. The van der Waals surface area contributed by atoms with E-state index in [1.807, 2.05) is 0 Å². The molecule has 9 nitrogen and oxygen atoms in total. The molecule has 210 valence electrons. The fraction of sp³-hybridized carbons (Fsp3) is 0.846. The van der Waals surface area contributed by atoms with E-state index in [1.54, 1.807) is 0 Å². The van der Waals surface area contributed by atoms with Gasteiger partial charge >= 0.3 is 5.97 Å². The van der Waals surface area contributed by atoms with E-state index in [0.29, 0.717) is 18.7 Å². The standard InChI is InChI=1S/C26H49N3O6S/c1-3-4-5-6-7-8-9-10-11-12-13-14-15-16-24(32)27-17-18-36-20-23(28-21(2)31)25(33)29-22(19-30)26(34)35/h22-23,30H,3-20H2,1-2H3,(H,27,32)(H,28,31)(H,29,33)(H,34,35)/t22?,23-/m0/s1. The summed E-state index contributed by atoms with van der Waals surface area (Å²) in [6.07, 6.45) is 17.0. The first-order valence-electron chi connectivity index (χ1n) is 13.6. The van der Waals surface area contributed by atoms with E-state index in [1.165, 1.54) is 89.3 Å². The van der Waals surface area contributed by atoms with E-state index in [4.69, 9.17) is 10.2 Å². The molecule has 0 spiro atoms. The van der Waals surface area contributed by atoms with Gasteiger partial charge in [0.15, 0.2) is 0 Å². The van der Waals surface area contributed by atoms with E-state index < -0.39 is 36.5 Å². The van der Waals surface area contributed by atoms with Crippen molar-refractivity contribution in [3.8, 4) is 0 Å². The second kappa shape index (κ2) is 23.6. The lowest BCUT2D eigenvalue weighted by atomic mass is 10.0. The Morgan fingerprint density at radius 3 is 1.78 bits per heavy atom. The number of rotatable bonds is 24. The van der Waals surface area contributed by atoms with Crippen LogP contribution in [0.15, 0.2) is 0 Å². The third kappa shape index (κ3) is 20.4. The number of carboxylic acid groups (broad SMARTS) is 1. The zero-order chi connectivity index (χ0) is 27.0. The van der Waals surface area contributed by atoms with Crippen LogP contribution in [0.2, 0.25) is 0 Å². The minimum absolute atomic E-state index is 0.0158. The molecule has 0 saturated carbocycles. The molecule has 0 aromatic carbocycles. The molecule has 0 heterocycles. The predicted molar refractivity (Wildman–Crippen MR) is 145 cm³/mol. The van der Waals surface area contributed by atoms with Crippen LogP contribution in [0.1, 0.15) is 104 Å². The first kappa shape index (κ1) is 34.2. The van der Waals surface area contributed by atoms with Crippen LogP contribution < -0.4 is 16.0 Å². The molecule has 10 heteroatoms. The minimum atomic E-state index is -1.43. The third-order valence-corrected chi connectivity index (χ3v) is 6.91. The van der Waals surface area contributed by atoms with Crippen molar-refractivity contribution in [3.05, 3.63) is 0 Å². The number of nitrogens with one attached hydrogen (secondary N) is 3. The van der Waals surface area contributed by atoms with Gasteiger partial charge in [0.2, 0.25) is 17.7 Å². The number of hydrogen-bond donors (Lipinski definition) is 5. The van der Waals surface area contributed by atoms with E-state index in [9.17, 15) is 19.2 Å². The normalized spacial score (nSPS) is 12.5. The van der Waals surface area contributed by atoms with Gasteiger partial charge in [-0.3, -0.25) is 14.4 Å². The Labute approximate surface area is 221 Å². The zero-order valence-corrected chi connectivity index (χ0v) is 23.1. The van der Waals surface area contributed by atoms with Crippen molar-refractivity contribution in [2.75, 3.05) is 24.7 Å². The Hall–Kier alpha value is -1.81. The average Bonchev–Trinajstić information content (AvgIpc) is 2.83. The molecular formula is C26H49N3O6S. The van der Waals surface area contributed by atoms with Crippen LogP contribution in [0.25, 0.3) is 0 Å². The highest BCUT2D eigenvalue weighted by Gasteiger charge is 2.25. The molecule has 36 heavy (non-hydrogen) atoms. The molecule has 0 aliphatic heterocycles. The molecule has 0 radical (unpaired) electrons. The van der Waals surface area contributed by atoms with E-state index in [0.717, 1.165) is 12.8 Å². The van der Waals surface area contributed by atoms with Crippen molar-refractivity contribution in [2.24, 2.45) is 0 Å². The molecule has 1 unspecified atom stereocenters. The number of hydrogen-bond acceptors (Lipinski definition) is 6. The lowest BCUT2D eigenvalue weighted by Crippen LogP contribution is -2.53. The quantitative estimate of drug-likeness (QED) is 0.120. The van der Waals surface area contributed by atoms with Crippen molar-refractivity contribution >= 4 is 35.5 Å². The van der Waals surface area contributed by atoms with Gasteiger partial charge in [0.25, 0.3) is 0 Å². The van der Waals surface area contributed by atoms with Crippen molar-refractivity contribution in [1.82, 2.24) is 16.0 Å². The highest BCUT2D eigenvalue weighted by molar-refractivity contribution is 7.99. The second-order valence-electron chi connectivity index (χ2n) is 9.25. The van der Waals surface area contributed by atoms with Crippen LogP contribution >= 0.6 is 11.8 Å². The van der Waals surface area contributed by atoms with Crippen molar-refractivity contribution in [3.63, 3.8) is 0 Å². The molecule has 3 amide bonds. The summed E-state index contributed by atoms with van der Waals surface area (Å²) in [6, 6.07) is -2.36. The number of carboxylic acids is 1. The van der Waals surface area contributed by atoms with Gasteiger partial charge in [0, 0.05) is 31.4 Å². The first-order valence-corrected chi connectivity index (χ1v) is 14.7. The van der Waals surface area contributed by atoms with Crippen molar-refractivity contribution in [1.29, 1.82) is 0 Å². The molecule has 0 aromatic rings. The van der Waals surface area contributed by atoms with Gasteiger partial charge in [-0.2, -0.15) is 11.8 Å². The predicted octanol–water partition coefficient (Wildman–Crippen LogP) is 3.38. The van der Waals surface area contributed by atoms with Crippen LogP contribution in [0.4, 0.5) is 0 Å². The molecule has 5 N–H and O–H groups in total. The molecule has 0 fully saturated rings. The highest BCUT2D eigenvalue weighted by atomic mass is 32.2. The maximum absolute atomic E-state index is 12.2. The molecule has 2 atom stereocenters. The van der Waals surface area contributed by atoms with E-state index >= 15 is 0 Å². The summed E-state index contributed by atoms with van der Waals surface area (Å²) >= 11 is 1.36. The molecule has 0 aromatic heterocycles. The molecule has 0 aliphatic carbocycles. The maximum Gasteiger partial charge on any atom is 0.328 e. The van der Waals surface area contributed by atoms with Gasteiger partial charge < -0.3 is 26.2 Å². The van der Waals surface area contributed by atoms with Gasteiger partial charge in [0.1, 0.15) is 12.1 Å². The number of aliphatic hydroxyl groups excluding tert-OH is 1. The SMILES string of the molecule is CCCCCCCCCCCCCCCC(=O)NCCSC[C@H](NC(C)=O)C(=O)NC(CO)C(=O)O. The highest BCUT2D eigenvalue weighted by Crippen LogP contribution is 2.13. The van der Waals surface area contributed by atoms with Crippen molar-refractivity contribution in [2.45, 2.75) is 116 Å². The van der Waals surface area contributed by atoms with Gasteiger partial charge in [-0.05, 0) is 6.42 Å². The van der Waals surface area contributed by atoms with E-state index in [2.05, 4.69) is 22.9 Å². The number of thioether (sulfide) groups is 1. The zero-order valence-electron chi connectivity index (χ0n) is 22.3. The largest absolute Gasteiger partial charge is 0.480 e. The van der Waals surface area contributed by atoms with E-state index in [-0.39, 0.29) is 11.7 Å². The van der Waals surface area contributed by atoms with Crippen molar-refractivity contribution < 1.29 is 29.4 Å².